The van der Waals surface area contributed by atoms with E-state index in [0.717, 1.165) is 11.4 Å². The fraction of sp³-hybridized carbons (Fsp3) is 0.188. The summed E-state index contributed by atoms with van der Waals surface area (Å²) in [5.41, 5.74) is 6.84. The van der Waals surface area contributed by atoms with Crippen LogP contribution in [0.15, 0.2) is 52.7 Å². The molecule has 3 heteroatoms. The molecule has 1 aliphatic rings. The fourth-order valence-electron chi connectivity index (χ4n) is 2.23. The second-order valence-electron chi connectivity index (χ2n) is 4.59. The molecule has 1 aromatic heterocycles. The monoisotopic (exact) mass is 285 g/mol. The lowest BCUT2D eigenvalue weighted by Gasteiger charge is -2.11. The van der Waals surface area contributed by atoms with E-state index in [2.05, 4.69) is 59.1 Å². The number of aromatic nitrogens is 1. The average molecular weight is 285 g/mol. The van der Waals surface area contributed by atoms with Gasteiger partial charge < -0.3 is 0 Å². The van der Waals surface area contributed by atoms with Gasteiger partial charge in [-0.2, -0.15) is 0 Å². The lowest BCUT2D eigenvalue weighted by molar-refractivity contribution is 0.975. The van der Waals surface area contributed by atoms with Crippen LogP contribution in [0.2, 0.25) is 0 Å². The van der Waals surface area contributed by atoms with Gasteiger partial charge in [0.1, 0.15) is 0 Å². The lowest BCUT2D eigenvalue weighted by atomic mass is 9.95. The Labute approximate surface area is 122 Å². The normalized spacial score (nSPS) is 19.0. The summed E-state index contributed by atoms with van der Waals surface area (Å²) in [5.74, 6) is 1.65. The summed E-state index contributed by atoms with van der Waals surface area (Å²) in [6.45, 7) is 2.16. The molecule has 0 amide bonds. The summed E-state index contributed by atoms with van der Waals surface area (Å²) in [4.78, 5) is 4.50. The number of thioether (sulfide) groups is 1. The molecular weight excluding hydrogens is 270 g/mol. The Bertz CT molecular complexity index is 611. The van der Waals surface area contributed by atoms with Gasteiger partial charge in [-0.3, -0.25) is 0 Å². The summed E-state index contributed by atoms with van der Waals surface area (Å²) < 4.78 is 0. The van der Waals surface area contributed by atoms with Crippen molar-refractivity contribution < 1.29 is 0 Å². The van der Waals surface area contributed by atoms with Crippen molar-refractivity contribution in [1.82, 2.24) is 4.98 Å². The lowest BCUT2D eigenvalue weighted by Crippen LogP contribution is -1.97. The zero-order chi connectivity index (χ0) is 13.1. The molecule has 1 aliphatic heterocycles. The van der Waals surface area contributed by atoms with E-state index in [1.54, 1.807) is 11.3 Å². The van der Waals surface area contributed by atoms with Crippen LogP contribution in [0.25, 0.3) is 5.57 Å². The third-order valence-corrected chi connectivity index (χ3v) is 4.75. The van der Waals surface area contributed by atoms with Crippen LogP contribution in [-0.4, -0.2) is 10.7 Å². The predicted molar refractivity (Wildman–Crippen MR) is 85.5 cm³/mol. The average Bonchev–Trinajstić information content (AvgIpc) is 3.10. The molecule has 3 rings (SSSR count). The minimum absolute atomic E-state index is 0.515. The molecule has 1 unspecified atom stereocenters. The highest BCUT2D eigenvalue weighted by Crippen LogP contribution is 2.30. The number of rotatable bonds is 3. The Kier molecular flexibility index (Phi) is 3.85. The van der Waals surface area contributed by atoms with Crippen LogP contribution in [0.3, 0.4) is 0 Å². The van der Waals surface area contributed by atoms with Crippen molar-refractivity contribution in [2.24, 2.45) is 5.92 Å². The molecule has 96 valence electrons. The third kappa shape index (κ3) is 2.82. The van der Waals surface area contributed by atoms with E-state index in [1.165, 1.54) is 16.7 Å². The molecule has 2 aromatic rings. The van der Waals surface area contributed by atoms with Crippen molar-refractivity contribution in [3.05, 3.63) is 69.5 Å². The Morgan fingerprint density at radius 3 is 2.95 bits per heavy atom. The van der Waals surface area contributed by atoms with Crippen molar-refractivity contribution in [2.45, 2.75) is 6.92 Å². The highest BCUT2D eigenvalue weighted by atomic mass is 32.2. The molecule has 2 heterocycles. The van der Waals surface area contributed by atoms with Crippen LogP contribution in [0, 0.1) is 12.8 Å². The molecule has 0 radical (unpaired) electrons. The molecule has 19 heavy (non-hydrogen) atoms. The maximum Gasteiger partial charge on any atom is 0.0814 e. The van der Waals surface area contributed by atoms with Gasteiger partial charge in [-0.05, 0) is 23.5 Å². The molecule has 0 saturated carbocycles. The molecule has 0 fully saturated rings. The van der Waals surface area contributed by atoms with Gasteiger partial charge in [-0.1, -0.05) is 36.4 Å². The van der Waals surface area contributed by atoms with E-state index >= 15 is 0 Å². The van der Waals surface area contributed by atoms with Crippen molar-refractivity contribution >= 4 is 28.7 Å². The Hall–Kier alpha value is -1.32. The second-order valence-corrected chi connectivity index (χ2v) is 6.25. The number of thiazole rings is 1. The molecule has 0 saturated heterocycles. The quantitative estimate of drug-likeness (QED) is 0.806. The first-order valence-corrected chi connectivity index (χ1v) is 8.28. The predicted octanol–water partition coefficient (Wildman–Crippen LogP) is 4.76. The topological polar surface area (TPSA) is 12.9 Å². The Morgan fingerprint density at radius 1 is 1.37 bits per heavy atom. The smallest absolute Gasteiger partial charge is 0.0814 e. The van der Waals surface area contributed by atoms with E-state index in [9.17, 15) is 0 Å². The molecule has 1 aromatic carbocycles. The maximum atomic E-state index is 4.50. The summed E-state index contributed by atoms with van der Waals surface area (Å²) in [6, 6.07) is 8.53. The van der Waals surface area contributed by atoms with Crippen LogP contribution in [0.5, 0.6) is 0 Å². The minimum atomic E-state index is 0.515. The highest BCUT2D eigenvalue weighted by molar-refractivity contribution is 8.02. The number of benzene rings is 1. The molecule has 1 nitrogen and oxygen atoms in total. The highest BCUT2D eigenvalue weighted by Gasteiger charge is 2.13. The van der Waals surface area contributed by atoms with Crippen LogP contribution >= 0.6 is 23.1 Å². The largest absolute Gasteiger partial charge is 0.245 e. The van der Waals surface area contributed by atoms with Gasteiger partial charge in [-0.15, -0.1) is 23.1 Å². The molecule has 1 atom stereocenters. The summed E-state index contributed by atoms with van der Waals surface area (Å²) >= 11 is 3.53. The Morgan fingerprint density at radius 2 is 2.26 bits per heavy atom. The number of hydrogen-bond acceptors (Lipinski definition) is 3. The first kappa shape index (κ1) is 12.7. The first-order chi connectivity index (χ1) is 9.34. The second kappa shape index (κ2) is 5.76. The van der Waals surface area contributed by atoms with E-state index in [-0.39, 0.29) is 0 Å². The van der Waals surface area contributed by atoms with E-state index in [0.29, 0.717) is 5.92 Å². The van der Waals surface area contributed by atoms with Gasteiger partial charge in [0, 0.05) is 22.6 Å². The molecule has 0 bridgehead atoms. The van der Waals surface area contributed by atoms with Crippen molar-refractivity contribution in [3.63, 3.8) is 0 Å². The van der Waals surface area contributed by atoms with Gasteiger partial charge in [0.2, 0.25) is 0 Å². The number of nitrogens with zero attached hydrogens (tertiary/aromatic N) is 1. The van der Waals surface area contributed by atoms with E-state index in [1.807, 2.05) is 17.3 Å². The van der Waals surface area contributed by atoms with Crippen LogP contribution in [0.4, 0.5) is 0 Å². The van der Waals surface area contributed by atoms with Crippen molar-refractivity contribution in [2.75, 3.05) is 5.75 Å². The zero-order valence-electron chi connectivity index (χ0n) is 10.7. The van der Waals surface area contributed by atoms with Crippen molar-refractivity contribution in [1.29, 1.82) is 0 Å². The summed E-state index contributed by atoms with van der Waals surface area (Å²) in [5, 5.41) is 4.32. The van der Waals surface area contributed by atoms with Crippen LogP contribution in [0.1, 0.15) is 16.8 Å². The summed E-state index contributed by atoms with van der Waals surface area (Å²) in [6.07, 6.45) is 4.63. The Balaban J connectivity index is 2.07. The fourth-order valence-corrected chi connectivity index (χ4v) is 3.64. The maximum absolute atomic E-state index is 4.50. The molecular formula is C16H15NS2. The van der Waals surface area contributed by atoms with Gasteiger partial charge in [0.15, 0.2) is 0 Å². The first-order valence-electron chi connectivity index (χ1n) is 6.29. The van der Waals surface area contributed by atoms with E-state index in [4.69, 9.17) is 0 Å². The summed E-state index contributed by atoms with van der Waals surface area (Å²) in [7, 11) is 0. The molecule has 0 N–H and O–H groups in total. The standard InChI is InChI=1S/C16H15NS2/c1-12-4-2-3-5-14(12)15(16-10-19-11-17-16)8-13-6-7-18-9-13/h2-8,10-11,13H,9H2,1H3. The van der Waals surface area contributed by atoms with Gasteiger partial charge >= 0.3 is 0 Å². The number of aryl methyl sites for hydroxylation is 1. The van der Waals surface area contributed by atoms with Crippen LogP contribution < -0.4 is 0 Å². The van der Waals surface area contributed by atoms with Crippen molar-refractivity contribution in [3.8, 4) is 0 Å². The van der Waals surface area contributed by atoms with Gasteiger partial charge in [-0.25, -0.2) is 4.98 Å². The third-order valence-electron chi connectivity index (χ3n) is 3.23. The SMILES string of the molecule is Cc1ccccc1C(=CC1C=CSC1)c1cscn1. The van der Waals surface area contributed by atoms with Gasteiger partial charge in [0.25, 0.3) is 0 Å². The number of allylic oxidation sites excluding steroid dienone is 2. The van der Waals surface area contributed by atoms with E-state index < -0.39 is 0 Å². The molecule has 0 spiro atoms. The zero-order valence-corrected chi connectivity index (χ0v) is 12.4. The minimum Gasteiger partial charge on any atom is -0.245 e. The molecule has 0 aliphatic carbocycles. The van der Waals surface area contributed by atoms with Gasteiger partial charge in [0.05, 0.1) is 11.2 Å². The van der Waals surface area contributed by atoms with Crippen LogP contribution in [-0.2, 0) is 0 Å². The number of hydrogen-bond donors (Lipinski definition) is 0.